The van der Waals surface area contributed by atoms with Crippen molar-refractivity contribution in [1.82, 2.24) is 5.32 Å². The lowest BCUT2D eigenvalue weighted by molar-refractivity contribution is -0.166. The zero-order chi connectivity index (χ0) is 20.3. The van der Waals surface area contributed by atoms with Crippen LogP contribution in [0.4, 0.5) is 23.2 Å². The predicted octanol–water partition coefficient (Wildman–Crippen LogP) is 0.584. The van der Waals surface area contributed by atoms with Crippen molar-refractivity contribution >= 4 is 27.6 Å². The van der Waals surface area contributed by atoms with Gasteiger partial charge in [0.1, 0.15) is 11.6 Å². The van der Waals surface area contributed by atoms with Gasteiger partial charge in [0.05, 0.1) is 18.4 Å². The van der Waals surface area contributed by atoms with Crippen LogP contribution in [0.25, 0.3) is 0 Å². The Morgan fingerprint density at radius 1 is 1.27 bits per heavy atom. The summed E-state index contributed by atoms with van der Waals surface area (Å²) >= 11 is 0. The lowest BCUT2D eigenvalue weighted by atomic mass is 10.2. The number of nitrogens with one attached hydrogen (secondary N) is 2. The fourth-order valence-corrected chi connectivity index (χ4v) is 2.78. The van der Waals surface area contributed by atoms with Crippen LogP contribution in [0.3, 0.4) is 0 Å². The molecule has 0 radical (unpaired) electrons. The van der Waals surface area contributed by atoms with Crippen LogP contribution in [0.1, 0.15) is 12.5 Å². The number of amides is 1. The van der Waals surface area contributed by atoms with Crippen molar-refractivity contribution in [2.45, 2.75) is 18.8 Å². The molecule has 0 aliphatic rings. The van der Waals surface area contributed by atoms with E-state index in [0.717, 1.165) is 14.0 Å². The average molecular weight is 402 g/mol. The highest BCUT2D eigenvalue weighted by Gasteiger charge is 2.37. The molecule has 1 unspecified atom stereocenters. The molecule has 1 atom stereocenters. The summed E-state index contributed by atoms with van der Waals surface area (Å²) < 4.78 is 81.0. The molecule has 8 nitrogen and oxygen atoms in total. The molecule has 0 aromatic heterocycles. The van der Waals surface area contributed by atoms with Crippen molar-refractivity contribution in [2.24, 2.45) is 0 Å². The van der Waals surface area contributed by atoms with Gasteiger partial charge < -0.3 is 15.2 Å². The first kappa shape index (κ1) is 21.6. The second-order valence-corrected chi connectivity index (χ2v) is 6.88. The SMILES string of the molecule is COC(=O)C(C)(O)NC(=O)CS(=O)(=O)Nc1ccc(F)cc1C(F)(F)F. The lowest BCUT2D eigenvalue weighted by Crippen LogP contribution is -2.54. The number of methoxy groups -OCH3 is 1. The molecule has 1 aromatic carbocycles. The van der Waals surface area contributed by atoms with E-state index >= 15 is 0 Å². The smallest absolute Gasteiger partial charge is 0.418 e. The number of benzene rings is 1. The molecule has 0 saturated carbocycles. The zero-order valence-corrected chi connectivity index (χ0v) is 14.2. The van der Waals surface area contributed by atoms with E-state index in [1.54, 1.807) is 5.32 Å². The largest absolute Gasteiger partial charge is 0.465 e. The third-order valence-electron chi connectivity index (χ3n) is 2.84. The third kappa shape index (κ3) is 5.84. The molecular weight excluding hydrogens is 388 g/mol. The van der Waals surface area contributed by atoms with E-state index < -0.39 is 56.6 Å². The monoisotopic (exact) mass is 402 g/mol. The van der Waals surface area contributed by atoms with Gasteiger partial charge in [0, 0.05) is 0 Å². The van der Waals surface area contributed by atoms with E-state index in [1.165, 1.54) is 4.72 Å². The van der Waals surface area contributed by atoms with Crippen molar-refractivity contribution in [3.8, 4) is 0 Å². The van der Waals surface area contributed by atoms with Crippen molar-refractivity contribution in [1.29, 1.82) is 0 Å². The summed E-state index contributed by atoms with van der Waals surface area (Å²) in [5.41, 5.74) is -5.14. The second kappa shape index (κ2) is 7.45. The highest BCUT2D eigenvalue weighted by atomic mass is 32.2. The van der Waals surface area contributed by atoms with E-state index in [0.29, 0.717) is 12.1 Å². The number of ether oxygens (including phenoxy) is 1. The molecule has 0 aliphatic carbocycles. The van der Waals surface area contributed by atoms with Gasteiger partial charge in [0.25, 0.3) is 0 Å². The van der Waals surface area contributed by atoms with Gasteiger partial charge >= 0.3 is 12.1 Å². The Morgan fingerprint density at radius 3 is 2.35 bits per heavy atom. The maximum Gasteiger partial charge on any atom is 0.418 e. The standard InChI is InChI=1S/C13H14F4N2O6S/c1-12(22,11(21)25-2)18-10(20)6-26(23,24)19-9-4-3-7(14)5-8(9)13(15,16)17/h3-5,19,22H,6H2,1-2H3,(H,18,20). The molecule has 26 heavy (non-hydrogen) atoms. The molecule has 1 rings (SSSR count). The van der Waals surface area contributed by atoms with Crippen LogP contribution in [0.2, 0.25) is 0 Å². The van der Waals surface area contributed by atoms with Gasteiger partial charge in [-0.2, -0.15) is 13.2 Å². The average Bonchev–Trinajstić information content (AvgIpc) is 2.45. The van der Waals surface area contributed by atoms with Crippen molar-refractivity contribution in [3.05, 3.63) is 29.6 Å². The highest BCUT2D eigenvalue weighted by molar-refractivity contribution is 7.93. The highest BCUT2D eigenvalue weighted by Crippen LogP contribution is 2.35. The Balaban J connectivity index is 2.98. The van der Waals surface area contributed by atoms with Crippen LogP contribution in [-0.4, -0.2) is 44.0 Å². The number of hydrogen-bond donors (Lipinski definition) is 3. The molecule has 1 aromatic rings. The molecule has 146 valence electrons. The van der Waals surface area contributed by atoms with Gasteiger partial charge in [-0.05, 0) is 25.1 Å². The first-order valence-corrected chi connectivity index (χ1v) is 8.32. The van der Waals surface area contributed by atoms with Gasteiger partial charge in [0.2, 0.25) is 21.7 Å². The van der Waals surface area contributed by atoms with Gasteiger partial charge in [0.15, 0.2) is 0 Å². The van der Waals surface area contributed by atoms with E-state index in [2.05, 4.69) is 4.74 Å². The molecule has 0 bridgehead atoms. The van der Waals surface area contributed by atoms with Crippen LogP contribution < -0.4 is 10.0 Å². The Morgan fingerprint density at radius 2 is 1.85 bits per heavy atom. The Bertz CT molecular complexity index is 807. The second-order valence-electron chi connectivity index (χ2n) is 5.16. The van der Waals surface area contributed by atoms with E-state index in [-0.39, 0.29) is 6.07 Å². The summed E-state index contributed by atoms with van der Waals surface area (Å²) in [4.78, 5) is 22.8. The van der Waals surface area contributed by atoms with E-state index in [9.17, 15) is 40.7 Å². The maximum atomic E-state index is 13.0. The van der Waals surface area contributed by atoms with Crippen LogP contribution in [0, 0.1) is 5.82 Å². The van der Waals surface area contributed by atoms with E-state index in [1.807, 2.05) is 0 Å². The summed E-state index contributed by atoms with van der Waals surface area (Å²) in [5, 5.41) is 11.3. The van der Waals surface area contributed by atoms with Crippen LogP contribution in [-0.2, 0) is 30.5 Å². The molecule has 0 fully saturated rings. The lowest BCUT2D eigenvalue weighted by Gasteiger charge is -2.21. The summed E-state index contributed by atoms with van der Waals surface area (Å²) in [6, 6.07) is 1.22. The van der Waals surface area contributed by atoms with Crippen LogP contribution >= 0.6 is 0 Å². The molecule has 0 heterocycles. The number of alkyl halides is 3. The van der Waals surface area contributed by atoms with E-state index in [4.69, 9.17) is 0 Å². The molecule has 3 N–H and O–H groups in total. The fourth-order valence-electron chi connectivity index (χ4n) is 1.77. The summed E-state index contributed by atoms with van der Waals surface area (Å²) in [6.07, 6.45) is -5.06. The number of esters is 1. The number of carbonyl (C=O) groups is 2. The summed E-state index contributed by atoms with van der Waals surface area (Å²) in [7, 11) is -3.78. The number of aliphatic hydroxyl groups is 1. The van der Waals surface area contributed by atoms with Crippen molar-refractivity contribution < 1.29 is 45.4 Å². The topological polar surface area (TPSA) is 122 Å². The number of carbonyl (C=O) groups excluding carboxylic acids is 2. The maximum absolute atomic E-state index is 13.0. The van der Waals surface area contributed by atoms with Gasteiger partial charge in [-0.25, -0.2) is 17.6 Å². The Kier molecular flexibility index (Phi) is 6.20. The van der Waals surface area contributed by atoms with Crippen LogP contribution in [0.5, 0.6) is 0 Å². The molecule has 13 heteroatoms. The van der Waals surface area contributed by atoms with Gasteiger partial charge in [-0.3, -0.25) is 9.52 Å². The number of sulfonamides is 1. The number of halogens is 4. The first-order chi connectivity index (χ1) is 11.7. The predicted molar refractivity (Wildman–Crippen MR) is 79.6 cm³/mol. The minimum atomic E-state index is -5.06. The molecular formula is C13H14F4N2O6S. The molecule has 0 aliphatic heterocycles. The van der Waals surface area contributed by atoms with Crippen molar-refractivity contribution in [2.75, 3.05) is 17.6 Å². The van der Waals surface area contributed by atoms with Gasteiger partial charge in [-0.15, -0.1) is 0 Å². The molecule has 1 amide bonds. The number of hydrogen-bond acceptors (Lipinski definition) is 6. The third-order valence-corrected chi connectivity index (χ3v) is 4.01. The molecule has 0 saturated heterocycles. The van der Waals surface area contributed by atoms with Gasteiger partial charge in [-0.1, -0.05) is 0 Å². The van der Waals surface area contributed by atoms with Crippen molar-refractivity contribution in [3.63, 3.8) is 0 Å². The minimum absolute atomic E-state index is 0.0833. The number of anilines is 1. The normalized spacial score (nSPS) is 14.3. The Hall–Kier alpha value is -2.41. The fraction of sp³-hybridized carbons (Fsp3) is 0.385. The Labute approximate surface area is 145 Å². The minimum Gasteiger partial charge on any atom is -0.465 e. The summed E-state index contributed by atoms with van der Waals surface area (Å²) in [5.74, 6) is -5.36. The summed E-state index contributed by atoms with van der Waals surface area (Å²) in [6.45, 7) is 0.804. The first-order valence-electron chi connectivity index (χ1n) is 6.67. The quantitative estimate of drug-likeness (QED) is 0.364. The zero-order valence-electron chi connectivity index (χ0n) is 13.3. The molecule has 0 spiro atoms. The van der Waals surface area contributed by atoms with Crippen LogP contribution in [0.15, 0.2) is 18.2 Å². The number of rotatable bonds is 6.